The van der Waals surface area contributed by atoms with Gasteiger partial charge in [0.15, 0.2) is 5.96 Å². The van der Waals surface area contributed by atoms with Gasteiger partial charge in [0.25, 0.3) is 0 Å². The minimum Gasteiger partial charge on any atom is -0.370 e. The molecule has 8 nitrogen and oxygen atoms in total. The minimum absolute atomic E-state index is 0.221. The normalized spacial score (nSPS) is 27.8. The summed E-state index contributed by atoms with van der Waals surface area (Å²) in [5.74, 6) is -1.13. The molecule has 0 saturated carbocycles. The van der Waals surface area contributed by atoms with E-state index in [4.69, 9.17) is 14.1 Å². The molecule has 9 heteroatoms. The van der Waals surface area contributed by atoms with Crippen LogP contribution in [0.4, 0.5) is 0 Å². The van der Waals surface area contributed by atoms with E-state index in [1.54, 1.807) is 0 Å². The number of rotatable bonds is 1. The van der Waals surface area contributed by atoms with E-state index in [2.05, 4.69) is 10.3 Å². The van der Waals surface area contributed by atoms with Crippen molar-refractivity contribution in [3.05, 3.63) is 0 Å². The number of nitrogens with two attached hydrogens (primary N) is 1. The molecule has 0 aromatic heterocycles. The highest BCUT2D eigenvalue weighted by Crippen LogP contribution is 2.34. The smallest absolute Gasteiger partial charge is 0.370 e. The highest BCUT2D eigenvalue weighted by molar-refractivity contribution is 7.82. The molecule has 0 amide bonds. The van der Waals surface area contributed by atoms with Crippen molar-refractivity contribution >= 4 is 16.4 Å². The summed E-state index contributed by atoms with van der Waals surface area (Å²) in [5.41, 5.74) is 5.73. The fraction of sp³-hybridized carbons (Fsp3) is 0.857. The molecule has 0 atom stereocenters. The Labute approximate surface area is 93.7 Å². The Morgan fingerprint density at radius 2 is 2.31 bits per heavy atom. The molecule has 2 heterocycles. The predicted octanol–water partition coefficient (Wildman–Crippen LogP) is -1.83. The fourth-order valence-electron chi connectivity index (χ4n) is 1.71. The molecule has 0 bridgehead atoms. The van der Waals surface area contributed by atoms with Gasteiger partial charge in [0.05, 0.1) is 6.54 Å². The summed E-state index contributed by atoms with van der Waals surface area (Å²) in [6, 6.07) is 0. The van der Waals surface area contributed by atoms with Gasteiger partial charge in [-0.3, -0.25) is 9.89 Å². The average molecular weight is 250 g/mol. The number of piperazine rings is 1. The van der Waals surface area contributed by atoms with Crippen molar-refractivity contribution in [2.45, 2.75) is 12.8 Å². The second-order valence-corrected chi connectivity index (χ2v) is 4.60. The zero-order valence-electron chi connectivity index (χ0n) is 8.84. The molecule has 2 aliphatic rings. The highest BCUT2D eigenvalue weighted by atomic mass is 32.3. The first kappa shape index (κ1) is 11.6. The molecule has 1 spiro atoms. The van der Waals surface area contributed by atoms with Crippen LogP contribution in [0.3, 0.4) is 0 Å². The van der Waals surface area contributed by atoms with Crippen LogP contribution < -0.4 is 11.1 Å². The van der Waals surface area contributed by atoms with Gasteiger partial charge >= 0.3 is 16.3 Å². The van der Waals surface area contributed by atoms with Gasteiger partial charge in [0.2, 0.25) is 0 Å². The van der Waals surface area contributed by atoms with Gasteiger partial charge < -0.3 is 11.1 Å². The lowest BCUT2D eigenvalue weighted by molar-refractivity contribution is -0.262. The van der Waals surface area contributed by atoms with Gasteiger partial charge in [0, 0.05) is 19.6 Å². The summed E-state index contributed by atoms with van der Waals surface area (Å²) in [6.45, 7) is 3.71. The van der Waals surface area contributed by atoms with E-state index in [1.165, 1.54) is 4.90 Å². The van der Waals surface area contributed by atoms with Crippen molar-refractivity contribution < 1.29 is 16.8 Å². The van der Waals surface area contributed by atoms with Crippen molar-refractivity contribution in [1.82, 2.24) is 10.2 Å². The quantitative estimate of drug-likeness (QED) is 0.416. The van der Waals surface area contributed by atoms with Gasteiger partial charge in [-0.2, -0.15) is 16.8 Å². The number of hydrogen-bond acceptors (Lipinski definition) is 6. The minimum atomic E-state index is -3.86. The molecule has 2 saturated heterocycles. The second kappa shape index (κ2) is 3.84. The fourth-order valence-corrected chi connectivity index (χ4v) is 2.66. The van der Waals surface area contributed by atoms with Crippen LogP contribution in [0.1, 0.15) is 6.92 Å². The third-order valence-electron chi connectivity index (χ3n) is 2.33. The van der Waals surface area contributed by atoms with Crippen LogP contribution in [-0.2, 0) is 18.8 Å². The highest BCUT2D eigenvalue weighted by Gasteiger charge is 2.58. The lowest BCUT2D eigenvalue weighted by Crippen LogP contribution is -2.72. The molecule has 16 heavy (non-hydrogen) atoms. The van der Waals surface area contributed by atoms with Gasteiger partial charge in [-0.25, -0.2) is 0 Å². The van der Waals surface area contributed by atoms with Gasteiger partial charge in [-0.05, 0) is 6.92 Å². The van der Waals surface area contributed by atoms with Crippen LogP contribution in [0.25, 0.3) is 0 Å². The summed E-state index contributed by atoms with van der Waals surface area (Å²) in [6.07, 6.45) is 0. The van der Waals surface area contributed by atoms with Crippen molar-refractivity contribution in [3.8, 4) is 0 Å². The van der Waals surface area contributed by atoms with E-state index >= 15 is 0 Å². The largest absolute Gasteiger partial charge is 0.408 e. The molecule has 2 fully saturated rings. The first-order valence-electron chi connectivity index (χ1n) is 4.93. The van der Waals surface area contributed by atoms with Crippen LogP contribution >= 0.6 is 0 Å². The predicted molar refractivity (Wildman–Crippen MR) is 55.6 cm³/mol. The third-order valence-corrected chi connectivity index (χ3v) is 3.26. The Balaban J connectivity index is 2.19. The summed E-state index contributed by atoms with van der Waals surface area (Å²) >= 11 is 0. The zero-order chi connectivity index (χ0) is 11.8. The first-order valence-corrected chi connectivity index (χ1v) is 6.27. The van der Waals surface area contributed by atoms with Crippen molar-refractivity contribution in [2.24, 2.45) is 10.7 Å². The molecular formula is C7H14N4O4S. The Bertz CT molecular complexity index is 395. The van der Waals surface area contributed by atoms with E-state index in [9.17, 15) is 8.42 Å². The summed E-state index contributed by atoms with van der Waals surface area (Å²) in [5, 5.41) is 2.98. The molecule has 3 N–H and O–H groups in total. The zero-order valence-corrected chi connectivity index (χ0v) is 9.66. The van der Waals surface area contributed by atoms with Crippen LogP contribution in [-0.4, -0.2) is 51.4 Å². The van der Waals surface area contributed by atoms with E-state index in [0.29, 0.717) is 19.6 Å². The number of hydrogen-bond donors (Lipinski definition) is 2. The number of nitrogens with one attached hydrogen (secondary N) is 1. The SMILES string of the molecule is CCN=C(N)N1CCNCC12OS(=O)(=O)O2. The van der Waals surface area contributed by atoms with Crippen molar-refractivity contribution in [1.29, 1.82) is 0 Å². The molecule has 0 radical (unpaired) electrons. The van der Waals surface area contributed by atoms with Crippen molar-refractivity contribution in [2.75, 3.05) is 26.2 Å². The van der Waals surface area contributed by atoms with Crippen LogP contribution in [0.15, 0.2) is 4.99 Å². The second-order valence-electron chi connectivity index (χ2n) is 3.45. The molecule has 0 unspecified atom stereocenters. The summed E-state index contributed by atoms with van der Waals surface area (Å²) < 4.78 is 31.4. The van der Waals surface area contributed by atoms with Gasteiger partial charge in [0.1, 0.15) is 0 Å². The molecule has 92 valence electrons. The van der Waals surface area contributed by atoms with E-state index in [0.717, 1.165) is 0 Å². The third kappa shape index (κ3) is 1.86. The van der Waals surface area contributed by atoms with Gasteiger partial charge in [-0.15, -0.1) is 0 Å². The lowest BCUT2D eigenvalue weighted by atomic mass is 10.3. The Morgan fingerprint density at radius 1 is 1.62 bits per heavy atom. The Hall–Kier alpha value is -0.900. The topological polar surface area (TPSA) is 106 Å². The standard InChI is InChI=1S/C7H14N4O4S/c1-2-10-6(8)11-4-3-9-5-7(11)14-16(12,13)15-7/h9H,2-5H2,1H3,(H2,8,10). The first-order chi connectivity index (χ1) is 7.49. The lowest BCUT2D eigenvalue weighted by Gasteiger charge is -2.49. The maximum absolute atomic E-state index is 10.9. The summed E-state index contributed by atoms with van der Waals surface area (Å²) in [7, 11) is -3.86. The van der Waals surface area contributed by atoms with Crippen LogP contribution in [0.5, 0.6) is 0 Å². The number of guanidine groups is 1. The van der Waals surface area contributed by atoms with Crippen LogP contribution in [0.2, 0.25) is 0 Å². The maximum Gasteiger partial charge on any atom is 0.408 e. The molecular weight excluding hydrogens is 236 g/mol. The number of aliphatic imine (C=N–C) groups is 1. The average Bonchev–Trinajstić information content (AvgIpc) is 2.15. The maximum atomic E-state index is 10.9. The molecule has 0 aromatic rings. The molecule has 0 aromatic carbocycles. The Kier molecular flexibility index (Phi) is 2.78. The van der Waals surface area contributed by atoms with E-state index < -0.39 is 16.3 Å². The van der Waals surface area contributed by atoms with E-state index in [-0.39, 0.29) is 12.5 Å². The Morgan fingerprint density at radius 3 is 2.88 bits per heavy atom. The van der Waals surface area contributed by atoms with Crippen LogP contribution in [0, 0.1) is 0 Å². The summed E-state index contributed by atoms with van der Waals surface area (Å²) in [4.78, 5) is 5.52. The van der Waals surface area contributed by atoms with Crippen molar-refractivity contribution in [3.63, 3.8) is 0 Å². The molecule has 0 aliphatic carbocycles. The molecule has 2 rings (SSSR count). The van der Waals surface area contributed by atoms with E-state index in [1.807, 2.05) is 6.92 Å². The molecule has 2 aliphatic heterocycles. The number of nitrogens with zero attached hydrogens (tertiary/aromatic N) is 2. The monoisotopic (exact) mass is 250 g/mol. The van der Waals surface area contributed by atoms with Gasteiger partial charge in [-0.1, -0.05) is 0 Å².